The van der Waals surface area contributed by atoms with E-state index in [9.17, 15) is 4.79 Å². The van der Waals surface area contributed by atoms with Crippen molar-refractivity contribution < 1.29 is 9.53 Å². The third kappa shape index (κ3) is 3.69. The number of ether oxygens (including phenoxy) is 1. The molecule has 0 radical (unpaired) electrons. The number of benzene rings is 1. The third-order valence-electron chi connectivity index (χ3n) is 4.81. The molecule has 1 aromatic carbocycles. The predicted octanol–water partition coefficient (Wildman–Crippen LogP) is 2.43. The Bertz CT molecular complexity index is 763. The Morgan fingerprint density at radius 2 is 2.16 bits per heavy atom. The van der Waals surface area contributed by atoms with Gasteiger partial charge in [0.1, 0.15) is 5.75 Å². The van der Waals surface area contributed by atoms with Gasteiger partial charge in [0.05, 0.1) is 31.0 Å². The van der Waals surface area contributed by atoms with Gasteiger partial charge in [0.2, 0.25) is 5.91 Å². The van der Waals surface area contributed by atoms with E-state index in [1.54, 1.807) is 13.3 Å². The Hall–Kier alpha value is -2.34. The van der Waals surface area contributed by atoms with Crippen molar-refractivity contribution in [2.24, 2.45) is 0 Å². The molecule has 1 N–H and O–H groups in total. The van der Waals surface area contributed by atoms with E-state index in [1.807, 2.05) is 50.1 Å². The number of carbonyl (C=O) groups excluding carboxylic acids is 1. The second-order valence-electron chi connectivity index (χ2n) is 7.02. The number of aryl methyl sites for hydroxylation is 1. The lowest BCUT2D eigenvalue weighted by Crippen LogP contribution is -2.27. The summed E-state index contributed by atoms with van der Waals surface area (Å²) in [5.41, 5.74) is 2.40. The molecule has 1 aromatic heterocycles. The molecule has 0 aliphatic heterocycles. The first-order chi connectivity index (χ1) is 11.9. The number of nitrogens with zero attached hydrogens (tertiary/aromatic N) is 3. The van der Waals surface area contributed by atoms with E-state index in [0.717, 1.165) is 48.5 Å². The maximum Gasteiger partial charge on any atom is 0.235 e. The summed E-state index contributed by atoms with van der Waals surface area (Å²) in [6, 6.07) is 6.04. The Balaban J connectivity index is 1.71. The number of hydrogen-bond donors (Lipinski definition) is 1. The van der Waals surface area contributed by atoms with Gasteiger partial charge in [-0.2, -0.15) is 5.10 Å². The van der Waals surface area contributed by atoms with Gasteiger partial charge in [-0.25, -0.2) is 0 Å². The van der Waals surface area contributed by atoms with Crippen LogP contribution in [-0.2, 0) is 16.8 Å². The average Bonchev–Trinajstić information content (AvgIpc) is 3.28. The summed E-state index contributed by atoms with van der Waals surface area (Å²) in [4.78, 5) is 15.0. The van der Waals surface area contributed by atoms with Crippen LogP contribution in [0, 0.1) is 6.92 Å². The van der Waals surface area contributed by atoms with Gasteiger partial charge in [0.25, 0.3) is 0 Å². The highest BCUT2D eigenvalue weighted by molar-refractivity contribution is 6.01. The fourth-order valence-electron chi connectivity index (χ4n) is 2.99. The molecular weight excluding hydrogens is 316 g/mol. The highest BCUT2D eigenvalue weighted by Gasteiger charge is 2.51. The average molecular weight is 342 g/mol. The molecule has 0 unspecified atom stereocenters. The normalized spacial score (nSPS) is 15.2. The van der Waals surface area contributed by atoms with Gasteiger partial charge >= 0.3 is 0 Å². The van der Waals surface area contributed by atoms with E-state index in [2.05, 4.69) is 15.3 Å². The summed E-state index contributed by atoms with van der Waals surface area (Å²) < 4.78 is 7.26. The Kier molecular flexibility index (Phi) is 4.81. The van der Waals surface area contributed by atoms with E-state index >= 15 is 0 Å². The number of likely N-dealkylation sites (N-methyl/N-ethyl adjacent to an activating group) is 1. The van der Waals surface area contributed by atoms with Gasteiger partial charge in [-0.3, -0.25) is 9.48 Å². The fourth-order valence-corrected chi connectivity index (χ4v) is 2.99. The van der Waals surface area contributed by atoms with Crippen molar-refractivity contribution in [1.82, 2.24) is 14.7 Å². The van der Waals surface area contributed by atoms with Crippen molar-refractivity contribution in [3.05, 3.63) is 41.7 Å². The topological polar surface area (TPSA) is 59.4 Å². The number of nitrogens with one attached hydrogen (secondary N) is 1. The molecule has 6 nitrogen and oxygen atoms in total. The maximum absolute atomic E-state index is 12.9. The minimum atomic E-state index is -0.438. The summed E-state index contributed by atoms with van der Waals surface area (Å²) >= 11 is 0. The molecule has 0 saturated heterocycles. The molecule has 25 heavy (non-hydrogen) atoms. The van der Waals surface area contributed by atoms with Crippen molar-refractivity contribution in [2.75, 3.05) is 33.1 Å². The summed E-state index contributed by atoms with van der Waals surface area (Å²) in [7, 11) is 5.71. The summed E-state index contributed by atoms with van der Waals surface area (Å²) in [5, 5.41) is 7.34. The van der Waals surface area contributed by atoms with Crippen LogP contribution in [0.25, 0.3) is 0 Å². The maximum atomic E-state index is 12.9. The molecule has 1 aliphatic carbocycles. The van der Waals surface area contributed by atoms with E-state index in [0.29, 0.717) is 0 Å². The van der Waals surface area contributed by atoms with E-state index in [4.69, 9.17) is 4.74 Å². The molecule has 3 rings (SSSR count). The van der Waals surface area contributed by atoms with E-state index in [1.165, 1.54) is 0 Å². The van der Waals surface area contributed by atoms with E-state index < -0.39 is 5.41 Å². The molecule has 0 bridgehead atoms. The van der Waals surface area contributed by atoms with Crippen molar-refractivity contribution >= 4 is 11.6 Å². The van der Waals surface area contributed by atoms with Crippen LogP contribution in [0.2, 0.25) is 0 Å². The number of methoxy groups -OCH3 is 1. The molecule has 1 saturated carbocycles. The Labute approximate surface area is 148 Å². The van der Waals surface area contributed by atoms with Crippen LogP contribution in [0.5, 0.6) is 5.75 Å². The molecule has 0 atom stereocenters. The summed E-state index contributed by atoms with van der Waals surface area (Å²) in [6.45, 7) is 3.70. The second kappa shape index (κ2) is 6.88. The van der Waals surface area contributed by atoms with Crippen LogP contribution in [0.1, 0.15) is 24.0 Å². The molecular formula is C19H26N4O2. The molecule has 6 heteroatoms. The molecule has 1 fully saturated rings. The number of rotatable bonds is 7. The van der Waals surface area contributed by atoms with Crippen LogP contribution < -0.4 is 10.1 Å². The Morgan fingerprint density at radius 1 is 1.40 bits per heavy atom. The number of anilines is 1. The lowest BCUT2D eigenvalue weighted by atomic mass is 9.93. The van der Waals surface area contributed by atoms with Crippen molar-refractivity contribution in [3.63, 3.8) is 0 Å². The smallest absolute Gasteiger partial charge is 0.235 e. The van der Waals surface area contributed by atoms with Crippen LogP contribution >= 0.6 is 0 Å². The fraction of sp³-hybridized carbons (Fsp3) is 0.474. The summed E-state index contributed by atoms with van der Waals surface area (Å²) in [5.74, 6) is 0.860. The standard InChI is InChI=1S/C19H26N4O2/c1-14-5-6-15(11-17(14)25-4)19(7-8-19)18(24)21-16-12-20-23(13-16)10-9-22(2)3/h5-6,11-13H,7-10H2,1-4H3,(H,21,24). The molecule has 2 aromatic rings. The highest BCUT2D eigenvalue weighted by atomic mass is 16.5. The van der Waals surface area contributed by atoms with Crippen LogP contribution in [0.3, 0.4) is 0 Å². The zero-order chi connectivity index (χ0) is 18.0. The zero-order valence-electron chi connectivity index (χ0n) is 15.4. The number of hydrogen-bond acceptors (Lipinski definition) is 4. The quantitative estimate of drug-likeness (QED) is 0.840. The molecule has 1 aliphatic rings. The van der Waals surface area contributed by atoms with Gasteiger partial charge in [0.15, 0.2) is 0 Å². The van der Waals surface area contributed by atoms with Crippen LogP contribution in [0.4, 0.5) is 5.69 Å². The zero-order valence-corrected chi connectivity index (χ0v) is 15.4. The number of aromatic nitrogens is 2. The molecule has 134 valence electrons. The predicted molar refractivity (Wildman–Crippen MR) is 98.1 cm³/mol. The van der Waals surface area contributed by atoms with E-state index in [-0.39, 0.29) is 5.91 Å². The lowest BCUT2D eigenvalue weighted by Gasteiger charge is -2.17. The van der Waals surface area contributed by atoms with Crippen LogP contribution in [0.15, 0.2) is 30.6 Å². The molecule has 0 spiro atoms. The first-order valence-corrected chi connectivity index (χ1v) is 8.58. The molecule has 1 heterocycles. The number of amides is 1. The monoisotopic (exact) mass is 342 g/mol. The van der Waals surface area contributed by atoms with Crippen LogP contribution in [-0.4, -0.2) is 48.3 Å². The molecule has 1 amide bonds. The van der Waals surface area contributed by atoms with Gasteiger partial charge in [-0.05, 0) is 51.1 Å². The van der Waals surface area contributed by atoms with Crippen molar-refractivity contribution in [2.45, 2.75) is 31.7 Å². The largest absolute Gasteiger partial charge is 0.496 e. The third-order valence-corrected chi connectivity index (χ3v) is 4.81. The first-order valence-electron chi connectivity index (χ1n) is 8.58. The first kappa shape index (κ1) is 17.5. The SMILES string of the molecule is COc1cc(C2(C(=O)Nc3cnn(CCN(C)C)c3)CC2)ccc1C. The Morgan fingerprint density at radius 3 is 2.80 bits per heavy atom. The lowest BCUT2D eigenvalue weighted by molar-refractivity contribution is -0.118. The van der Waals surface area contributed by atoms with Gasteiger partial charge in [-0.1, -0.05) is 12.1 Å². The second-order valence-corrected chi connectivity index (χ2v) is 7.02. The van der Waals surface area contributed by atoms with Crippen molar-refractivity contribution in [1.29, 1.82) is 0 Å². The van der Waals surface area contributed by atoms with Crippen molar-refractivity contribution in [3.8, 4) is 5.75 Å². The van der Waals surface area contributed by atoms with Gasteiger partial charge in [-0.15, -0.1) is 0 Å². The van der Waals surface area contributed by atoms with Gasteiger partial charge < -0.3 is 15.0 Å². The number of carbonyl (C=O) groups is 1. The highest BCUT2D eigenvalue weighted by Crippen LogP contribution is 2.50. The van der Waals surface area contributed by atoms with Gasteiger partial charge in [0, 0.05) is 12.7 Å². The summed E-state index contributed by atoms with van der Waals surface area (Å²) in [6.07, 6.45) is 5.31. The minimum Gasteiger partial charge on any atom is -0.496 e. The minimum absolute atomic E-state index is 0.0329.